The maximum Gasteiger partial charge on any atom is 0.163 e. The SMILES string of the molecule is Cc1cc(N2CCC(N)(CO)CC2)nc(-c2cccnc2)n1. The van der Waals surface area contributed by atoms with Crippen LogP contribution < -0.4 is 10.6 Å². The Labute approximate surface area is 130 Å². The van der Waals surface area contributed by atoms with E-state index in [4.69, 9.17) is 5.73 Å². The normalized spacial score (nSPS) is 17.5. The van der Waals surface area contributed by atoms with Crippen molar-refractivity contribution in [3.8, 4) is 11.4 Å². The number of aliphatic hydroxyl groups is 1. The van der Waals surface area contributed by atoms with Crippen LogP contribution in [0.15, 0.2) is 30.6 Å². The summed E-state index contributed by atoms with van der Waals surface area (Å²) in [5.41, 5.74) is 7.51. The largest absolute Gasteiger partial charge is 0.394 e. The fourth-order valence-electron chi connectivity index (χ4n) is 2.68. The number of piperidine rings is 1. The number of aromatic nitrogens is 3. The van der Waals surface area contributed by atoms with Gasteiger partial charge in [0.15, 0.2) is 5.82 Å². The molecule has 116 valence electrons. The average Bonchev–Trinajstić information content (AvgIpc) is 2.56. The van der Waals surface area contributed by atoms with Crippen molar-refractivity contribution < 1.29 is 5.11 Å². The third kappa shape index (κ3) is 3.08. The van der Waals surface area contributed by atoms with Gasteiger partial charge in [-0.15, -0.1) is 0 Å². The van der Waals surface area contributed by atoms with Crippen LogP contribution in [0.2, 0.25) is 0 Å². The van der Waals surface area contributed by atoms with Gasteiger partial charge in [0.1, 0.15) is 5.82 Å². The second kappa shape index (κ2) is 5.98. The van der Waals surface area contributed by atoms with E-state index in [0.717, 1.165) is 43.0 Å². The van der Waals surface area contributed by atoms with E-state index in [1.165, 1.54) is 0 Å². The highest BCUT2D eigenvalue weighted by Crippen LogP contribution is 2.25. The van der Waals surface area contributed by atoms with E-state index in [2.05, 4.69) is 19.9 Å². The molecule has 6 nitrogen and oxygen atoms in total. The van der Waals surface area contributed by atoms with Crippen LogP contribution >= 0.6 is 0 Å². The molecule has 3 N–H and O–H groups in total. The zero-order chi connectivity index (χ0) is 15.6. The van der Waals surface area contributed by atoms with Crippen LogP contribution in [-0.4, -0.2) is 45.3 Å². The molecule has 0 amide bonds. The highest BCUT2D eigenvalue weighted by molar-refractivity contribution is 5.56. The topological polar surface area (TPSA) is 88.2 Å². The number of hydrogen-bond donors (Lipinski definition) is 2. The van der Waals surface area contributed by atoms with Crippen LogP contribution in [0, 0.1) is 6.92 Å². The molecule has 2 aromatic heterocycles. The molecule has 0 atom stereocenters. The zero-order valence-corrected chi connectivity index (χ0v) is 12.7. The van der Waals surface area contributed by atoms with Crippen LogP contribution in [0.5, 0.6) is 0 Å². The Morgan fingerprint density at radius 1 is 1.32 bits per heavy atom. The molecule has 0 radical (unpaired) electrons. The summed E-state index contributed by atoms with van der Waals surface area (Å²) in [5.74, 6) is 1.60. The Morgan fingerprint density at radius 3 is 2.73 bits per heavy atom. The Kier molecular flexibility index (Phi) is 4.04. The number of hydrogen-bond acceptors (Lipinski definition) is 6. The van der Waals surface area contributed by atoms with Crippen molar-refractivity contribution in [2.75, 3.05) is 24.6 Å². The summed E-state index contributed by atoms with van der Waals surface area (Å²) in [5, 5.41) is 9.37. The molecule has 1 aliphatic heterocycles. The van der Waals surface area contributed by atoms with Gasteiger partial charge < -0.3 is 15.7 Å². The van der Waals surface area contributed by atoms with E-state index >= 15 is 0 Å². The number of aryl methyl sites for hydroxylation is 1. The van der Waals surface area contributed by atoms with Gasteiger partial charge >= 0.3 is 0 Å². The fraction of sp³-hybridized carbons (Fsp3) is 0.438. The van der Waals surface area contributed by atoms with Gasteiger partial charge in [0, 0.05) is 48.3 Å². The lowest BCUT2D eigenvalue weighted by Crippen LogP contribution is -2.53. The summed E-state index contributed by atoms with van der Waals surface area (Å²) in [6.45, 7) is 3.58. The smallest absolute Gasteiger partial charge is 0.163 e. The number of pyridine rings is 1. The number of aliphatic hydroxyl groups excluding tert-OH is 1. The lowest BCUT2D eigenvalue weighted by molar-refractivity contribution is 0.170. The van der Waals surface area contributed by atoms with E-state index in [-0.39, 0.29) is 6.61 Å². The quantitative estimate of drug-likeness (QED) is 0.883. The minimum absolute atomic E-state index is 0.0323. The van der Waals surface area contributed by atoms with Crippen molar-refractivity contribution in [2.24, 2.45) is 5.73 Å². The van der Waals surface area contributed by atoms with Gasteiger partial charge in [-0.1, -0.05) is 0 Å². The fourth-order valence-corrected chi connectivity index (χ4v) is 2.68. The molecule has 1 aliphatic rings. The van der Waals surface area contributed by atoms with Crippen LogP contribution in [-0.2, 0) is 0 Å². The molecule has 0 aliphatic carbocycles. The maximum atomic E-state index is 9.37. The van der Waals surface area contributed by atoms with E-state index in [1.807, 2.05) is 25.1 Å². The van der Waals surface area contributed by atoms with Crippen molar-refractivity contribution in [3.63, 3.8) is 0 Å². The van der Waals surface area contributed by atoms with E-state index in [9.17, 15) is 5.11 Å². The van der Waals surface area contributed by atoms with Crippen LogP contribution in [0.1, 0.15) is 18.5 Å². The highest BCUT2D eigenvalue weighted by atomic mass is 16.3. The number of anilines is 1. The lowest BCUT2D eigenvalue weighted by Gasteiger charge is -2.38. The van der Waals surface area contributed by atoms with Gasteiger partial charge in [0.25, 0.3) is 0 Å². The molecule has 0 aromatic carbocycles. The Hall–Kier alpha value is -2.05. The maximum absolute atomic E-state index is 9.37. The summed E-state index contributed by atoms with van der Waals surface area (Å²) < 4.78 is 0. The first-order valence-electron chi connectivity index (χ1n) is 7.50. The molecule has 0 saturated carbocycles. The first kappa shape index (κ1) is 14.9. The van der Waals surface area contributed by atoms with E-state index in [1.54, 1.807) is 12.4 Å². The van der Waals surface area contributed by atoms with Gasteiger partial charge in [0.05, 0.1) is 6.61 Å². The Morgan fingerprint density at radius 2 is 2.09 bits per heavy atom. The van der Waals surface area contributed by atoms with Crippen molar-refractivity contribution in [2.45, 2.75) is 25.3 Å². The van der Waals surface area contributed by atoms with E-state index < -0.39 is 5.54 Å². The molecule has 3 heterocycles. The molecular weight excluding hydrogens is 278 g/mol. The van der Waals surface area contributed by atoms with Gasteiger partial charge in [-0.3, -0.25) is 4.98 Å². The predicted molar refractivity (Wildman–Crippen MR) is 85.5 cm³/mol. The minimum atomic E-state index is -0.454. The molecule has 1 fully saturated rings. The first-order valence-corrected chi connectivity index (χ1v) is 7.50. The number of rotatable bonds is 3. The molecule has 6 heteroatoms. The van der Waals surface area contributed by atoms with Crippen LogP contribution in [0.3, 0.4) is 0 Å². The zero-order valence-electron chi connectivity index (χ0n) is 12.7. The van der Waals surface area contributed by atoms with Crippen molar-refractivity contribution >= 4 is 5.82 Å². The molecule has 2 aromatic rings. The van der Waals surface area contributed by atoms with Gasteiger partial charge in [-0.25, -0.2) is 9.97 Å². The number of nitrogens with two attached hydrogens (primary N) is 1. The standard InChI is InChI=1S/C16H21N5O/c1-12-9-14(21-7-4-16(17,11-22)5-8-21)20-15(19-12)13-3-2-6-18-10-13/h2-3,6,9-10,22H,4-5,7-8,11,17H2,1H3. The number of nitrogens with zero attached hydrogens (tertiary/aromatic N) is 4. The van der Waals surface area contributed by atoms with Crippen molar-refractivity contribution in [3.05, 3.63) is 36.3 Å². The molecule has 3 rings (SSSR count). The molecule has 0 unspecified atom stereocenters. The minimum Gasteiger partial charge on any atom is -0.394 e. The first-order chi connectivity index (χ1) is 10.6. The molecule has 0 bridgehead atoms. The predicted octanol–water partition coefficient (Wildman–Crippen LogP) is 1.14. The third-order valence-corrected chi connectivity index (χ3v) is 4.16. The monoisotopic (exact) mass is 299 g/mol. The van der Waals surface area contributed by atoms with Crippen molar-refractivity contribution in [1.82, 2.24) is 15.0 Å². The Balaban J connectivity index is 1.85. The van der Waals surface area contributed by atoms with Gasteiger partial charge in [-0.2, -0.15) is 0 Å². The molecule has 1 saturated heterocycles. The summed E-state index contributed by atoms with van der Waals surface area (Å²) in [4.78, 5) is 15.5. The average molecular weight is 299 g/mol. The van der Waals surface area contributed by atoms with Crippen LogP contribution in [0.4, 0.5) is 5.82 Å². The molecular formula is C16H21N5O. The summed E-state index contributed by atoms with van der Waals surface area (Å²) in [6, 6.07) is 5.83. The molecule has 22 heavy (non-hydrogen) atoms. The second-order valence-corrected chi connectivity index (χ2v) is 5.94. The van der Waals surface area contributed by atoms with Crippen LogP contribution in [0.25, 0.3) is 11.4 Å². The van der Waals surface area contributed by atoms with Gasteiger partial charge in [-0.05, 0) is 31.9 Å². The second-order valence-electron chi connectivity index (χ2n) is 5.94. The summed E-state index contributed by atoms with van der Waals surface area (Å²) in [7, 11) is 0. The third-order valence-electron chi connectivity index (χ3n) is 4.16. The molecule has 0 spiro atoms. The van der Waals surface area contributed by atoms with E-state index in [0.29, 0.717) is 5.82 Å². The summed E-state index contributed by atoms with van der Waals surface area (Å²) in [6.07, 6.45) is 5.02. The highest BCUT2D eigenvalue weighted by Gasteiger charge is 2.30. The van der Waals surface area contributed by atoms with Gasteiger partial charge in [0.2, 0.25) is 0 Å². The lowest BCUT2D eigenvalue weighted by atomic mass is 9.89. The summed E-state index contributed by atoms with van der Waals surface area (Å²) >= 11 is 0. The van der Waals surface area contributed by atoms with Crippen molar-refractivity contribution in [1.29, 1.82) is 0 Å². The Bertz CT molecular complexity index is 638.